The zero-order valence-corrected chi connectivity index (χ0v) is 21.2. The largest absolute Gasteiger partial charge is 0.497 e. The third-order valence-electron chi connectivity index (χ3n) is 5.31. The van der Waals surface area contributed by atoms with Gasteiger partial charge in [-0.05, 0) is 54.7 Å². The second kappa shape index (κ2) is 10.7. The van der Waals surface area contributed by atoms with Gasteiger partial charge in [-0.2, -0.15) is 0 Å². The van der Waals surface area contributed by atoms with Crippen LogP contribution in [0.3, 0.4) is 0 Å². The number of carbonyl (C=O) groups is 2. The van der Waals surface area contributed by atoms with Crippen LogP contribution in [0.2, 0.25) is 0 Å². The minimum Gasteiger partial charge on any atom is -0.497 e. The van der Waals surface area contributed by atoms with Crippen LogP contribution in [0.15, 0.2) is 53.9 Å². The van der Waals surface area contributed by atoms with Crippen LogP contribution in [0.1, 0.15) is 50.5 Å². The molecule has 1 heterocycles. The molecule has 0 aliphatic heterocycles. The number of rotatable bonds is 8. The van der Waals surface area contributed by atoms with Crippen LogP contribution < -0.4 is 14.8 Å². The van der Waals surface area contributed by atoms with Gasteiger partial charge in [0.15, 0.2) is 6.10 Å². The third-order valence-corrected chi connectivity index (χ3v) is 6.21. The maximum absolute atomic E-state index is 12.9. The summed E-state index contributed by atoms with van der Waals surface area (Å²) in [5.74, 6) is 0.475. The molecule has 0 saturated heterocycles. The number of nitrogens with one attached hydrogen (secondary N) is 1. The predicted molar refractivity (Wildman–Crippen MR) is 136 cm³/mol. The lowest BCUT2D eigenvalue weighted by molar-refractivity contribution is -0.122. The van der Waals surface area contributed by atoms with Crippen molar-refractivity contribution in [2.75, 3.05) is 19.0 Å². The van der Waals surface area contributed by atoms with E-state index in [1.54, 1.807) is 21.0 Å². The van der Waals surface area contributed by atoms with E-state index in [-0.39, 0.29) is 17.9 Å². The van der Waals surface area contributed by atoms with E-state index in [9.17, 15) is 9.59 Å². The molecule has 0 saturated carbocycles. The Labute approximate surface area is 204 Å². The highest BCUT2D eigenvalue weighted by Gasteiger charge is 2.25. The van der Waals surface area contributed by atoms with Gasteiger partial charge >= 0.3 is 5.97 Å². The van der Waals surface area contributed by atoms with Crippen LogP contribution >= 0.6 is 11.3 Å². The molecule has 0 fully saturated rings. The first-order valence-electron chi connectivity index (χ1n) is 11.1. The molecule has 1 N–H and O–H groups in total. The third kappa shape index (κ3) is 5.97. The summed E-state index contributed by atoms with van der Waals surface area (Å²) in [6.07, 6.45) is -0.762. The fourth-order valence-electron chi connectivity index (χ4n) is 3.34. The lowest BCUT2D eigenvalue weighted by atomic mass is 9.87. The van der Waals surface area contributed by atoms with Crippen molar-refractivity contribution in [3.05, 3.63) is 65.0 Å². The number of methoxy groups -OCH3 is 1. The highest BCUT2D eigenvalue weighted by atomic mass is 32.1. The predicted octanol–water partition coefficient (Wildman–Crippen LogP) is 6.30. The Morgan fingerprint density at radius 3 is 2.18 bits per heavy atom. The molecule has 34 heavy (non-hydrogen) atoms. The number of anilines is 1. The summed E-state index contributed by atoms with van der Waals surface area (Å²) in [6, 6.07) is 15.1. The Morgan fingerprint density at radius 1 is 1.00 bits per heavy atom. The molecule has 0 bridgehead atoms. The van der Waals surface area contributed by atoms with Gasteiger partial charge in [-0.1, -0.05) is 45.0 Å². The molecular formula is C27H31NO5S. The maximum atomic E-state index is 12.9. The molecule has 0 aliphatic rings. The van der Waals surface area contributed by atoms with Crippen molar-refractivity contribution in [2.45, 2.75) is 46.1 Å². The summed E-state index contributed by atoms with van der Waals surface area (Å²) >= 11 is 1.27. The normalized spacial score (nSPS) is 12.1. The number of carbonyl (C=O) groups excluding carboxylic acids is 2. The van der Waals surface area contributed by atoms with E-state index in [4.69, 9.17) is 14.2 Å². The minimum absolute atomic E-state index is 0.0335. The Kier molecular flexibility index (Phi) is 7.99. The van der Waals surface area contributed by atoms with E-state index in [1.165, 1.54) is 16.9 Å². The lowest BCUT2D eigenvalue weighted by Gasteiger charge is -2.20. The van der Waals surface area contributed by atoms with Gasteiger partial charge in [-0.3, -0.25) is 4.79 Å². The Hall–Kier alpha value is -3.32. The quantitative estimate of drug-likeness (QED) is 0.382. The number of hydrogen-bond acceptors (Lipinski definition) is 6. The summed E-state index contributed by atoms with van der Waals surface area (Å²) < 4.78 is 16.3. The van der Waals surface area contributed by atoms with Gasteiger partial charge in [-0.15, -0.1) is 11.3 Å². The van der Waals surface area contributed by atoms with Crippen molar-refractivity contribution in [1.29, 1.82) is 0 Å². The highest BCUT2D eigenvalue weighted by molar-refractivity contribution is 7.15. The molecule has 1 amide bonds. The summed E-state index contributed by atoms with van der Waals surface area (Å²) in [5.41, 5.74) is 3.05. The van der Waals surface area contributed by atoms with Crippen LogP contribution in [-0.4, -0.2) is 31.7 Å². The van der Waals surface area contributed by atoms with E-state index in [2.05, 4.69) is 26.1 Å². The van der Waals surface area contributed by atoms with E-state index in [1.807, 2.05) is 53.9 Å². The van der Waals surface area contributed by atoms with Crippen molar-refractivity contribution in [3.8, 4) is 22.6 Å². The molecule has 180 valence electrons. The summed E-state index contributed by atoms with van der Waals surface area (Å²) in [7, 11) is 1.60. The highest BCUT2D eigenvalue weighted by Crippen LogP contribution is 2.37. The van der Waals surface area contributed by atoms with Crippen LogP contribution in [0.25, 0.3) is 11.1 Å². The van der Waals surface area contributed by atoms with E-state index in [0.717, 1.165) is 5.56 Å². The van der Waals surface area contributed by atoms with Crippen LogP contribution in [0.5, 0.6) is 11.5 Å². The first kappa shape index (κ1) is 25.3. The van der Waals surface area contributed by atoms with Gasteiger partial charge in [0.2, 0.25) is 0 Å². The Bertz CT molecular complexity index is 1130. The Balaban J connectivity index is 1.79. The van der Waals surface area contributed by atoms with Crippen molar-refractivity contribution in [3.63, 3.8) is 0 Å². The molecule has 6 nitrogen and oxygen atoms in total. The summed E-state index contributed by atoms with van der Waals surface area (Å²) in [4.78, 5) is 25.7. The zero-order valence-electron chi connectivity index (χ0n) is 20.4. The van der Waals surface area contributed by atoms with E-state index in [0.29, 0.717) is 27.6 Å². The molecule has 0 spiro atoms. The second-order valence-electron chi connectivity index (χ2n) is 8.83. The maximum Gasteiger partial charge on any atom is 0.341 e. The molecule has 2 aromatic carbocycles. The van der Waals surface area contributed by atoms with Crippen LogP contribution in [0, 0.1) is 0 Å². The number of amides is 1. The molecule has 0 aliphatic carbocycles. The van der Waals surface area contributed by atoms with Gasteiger partial charge in [0.05, 0.1) is 13.7 Å². The molecule has 7 heteroatoms. The van der Waals surface area contributed by atoms with Crippen LogP contribution in [0.4, 0.5) is 5.00 Å². The van der Waals surface area contributed by atoms with Gasteiger partial charge in [0.25, 0.3) is 5.91 Å². The fourth-order valence-corrected chi connectivity index (χ4v) is 4.30. The molecule has 1 atom stereocenters. The molecule has 3 rings (SSSR count). The minimum atomic E-state index is -0.762. The van der Waals surface area contributed by atoms with Gasteiger partial charge in [0, 0.05) is 10.9 Å². The Morgan fingerprint density at radius 2 is 1.62 bits per heavy atom. The lowest BCUT2D eigenvalue weighted by Crippen LogP contribution is -2.30. The summed E-state index contributed by atoms with van der Waals surface area (Å²) in [6.45, 7) is 10.1. The summed E-state index contributed by atoms with van der Waals surface area (Å²) in [5, 5.41) is 5.10. The van der Waals surface area contributed by atoms with Crippen LogP contribution in [-0.2, 0) is 14.9 Å². The van der Waals surface area contributed by atoms with E-state index < -0.39 is 12.1 Å². The number of hydrogen-bond donors (Lipinski definition) is 1. The van der Waals surface area contributed by atoms with Gasteiger partial charge < -0.3 is 19.5 Å². The van der Waals surface area contributed by atoms with Crippen molar-refractivity contribution < 1.29 is 23.8 Å². The average molecular weight is 482 g/mol. The number of esters is 1. The average Bonchev–Trinajstić information content (AvgIpc) is 3.22. The zero-order chi connectivity index (χ0) is 24.9. The fraction of sp³-hybridized carbons (Fsp3) is 0.333. The number of thiophene rings is 1. The first-order valence-corrected chi connectivity index (χ1v) is 12.0. The standard InChI is InChI=1S/C27H31NO5S/c1-7-32-26(30)23-22(18-8-12-20(31-6)13-9-18)16-34-25(23)28-24(29)17(2)33-21-14-10-19(11-15-21)27(3,4)5/h8-17H,7H2,1-6H3,(H,28,29). The monoisotopic (exact) mass is 481 g/mol. The first-order chi connectivity index (χ1) is 16.1. The number of benzene rings is 2. The smallest absolute Gasteiger partial charge is 0.341 e. The van der Waals surface area contributed by atoms with E-state index >= 15 is 0 Å². The van der Waals surface area contributed by atoms with Crippen molar-refractivity contribution >= 4 is 28.2 Å². The molecule has 0 radical (unpaired) electrons. The van der Waals surface area contributed by atoms with Crippen molar-refractivity contribution in [1.82, 2.24) is 0 Å². The SMILES string of the molecule is CCOC(=O)c1c(-c2ccc(OC)cc2)csc1NC(=O)C(C)Oc1ccc(C(C)(C)C)cc1. The second-order valence-corrected chi connectivity index (χ2v) is 9.71. The molecule has 3 aromatic rings. The molecular weight excluding hydrogens is 450 g/mol. The van der Waals surface area contributed by atoms with Crippen molar-refractivity contribution in [2.24, 2.45) is 0 Å². The van der Waals surface area contributed by atoms with Gasteiger partial charge in [-0.25, -0.2) is 4.79 Å². The molecule has 1 aromatic heterocycles. The number of ether oxygens (including phenoxy) is 3. The molecule has 1 unspecified atom stereocenters. The van der Waals surface area contributed by atoms with Gasteiger partial charge in [0.1, 0.15) is 22.1 Å². The topological polar surface area (TPSA) is 73.9 Å².